The van der Waals surface area contributed by atoms with E-state index >= 15 is 0 Å². The van der Waals surface area contributed by atoms with Gasteiger partial charge in [0.2, 0.25) is 5.91 Å². The van der Waals surface area contributed by atoms with Gasteiger partial charge in [-0.1, -0.05) is 6.07 Å². The molecule has 42 heavy (non-hydrogen) atoms. The number of carbonyl (C=O) groups excluding carboxylic acids is 2. The van der Waals surface area contributed by atoms with Crippen molar-refractivity contribution in [3.8, 4) is 5.82 Å². The summed E-state index contributed by atoms with van der Waals surface area (Å²) in [7, 11) is 1.57. The Morgan fingerprint density at radius 1 is 1.21 bits per heavy atom. The number of ether oxygens (including phenoxy) is 1. The number of carbonyl (C=O) groups is 2. The van der Waals surface area contributed by atoms with Crippen molar-refractivity contribution in [2.24, 2.45) is 0 Å². The molecule has 2 aliphatic rings. The maximum atomic E-state index is 13.6. The van der Waals surface area contributed by atoms with E-state index in [0.29, 0.717) is 49.6 Å². The Kier molecular flexibility index (Phi) is 7.19. The van der Waals surface area contributed by atoms with Gasteiger partial charge in [0, 0.05) is 31.0 Å². The number of fused-ring (bicyclic) bond motifs is 1. The Labute approximate surface area is 241 Å². The van der Waals surface area contributed by atoms with Gasteiger partial charge in [-0.2, -0.15) is 10.2 Å². The number of hydrogen-bond acceptors (Lipinski definition) is 8. The number of rotatable bonds is 8. The summed E-state index contributed by atoms with van der Waals surface area (Å²) in [6, 6.07) is 6.99. The van der Waals surface area contributed by atoms with Gasteiger partial charge in [-0.15, -0.1) is 0 Å². The average molecular weight is 574 g/mol. The molecule has 0 spiro atoms. The highest BCUT2D eigenvalue weighted by molar-refractivity contribution is 6.00. The van der Waals surface area contributed by atoms with Crippen LogP contribution < -0.4 is 16.0 Å². The largest absolute Gasteiger partial charge is 0.368 e. The van der Waals surface area contributed by atoms with E-state index in [1.165, 1.54) is 10.9 Å². The van der Waals surface area contributed by atoms with Gasteiger partial charge in [-0.05, 0) is 62.8 Å². The Morgan fingerprint density at radius 2 is 2.02 bits per heavy atom. The van der Waals surface area contributed by atoms with Crippen molar-refractivity contribution >= 4 is 29.1 Å². The summed E-state index contributed by atoms with van der Waals surface area (Å²) >= 11 is 0. The van der Waals surface area contributed by atoms with Crippen molar-refractivity contribution in [3.05, 3.63) is 71.2 Å². The van der Waals surface area contributed by atoms with Crippen LogP contribution in [0.15, 0.2) is 42.9 Å². The van der Waals surface area contributed by atoms with Crippen LogP contribution >= 0.6 is 0 Å². The molecule has 1 atom stereocenters. The fraction of sp³-hybridized carbons (Fsp3) is 0.379. The third kappa shape index (κ3) is 5.34. The SMILES string of the molecule is COC1(C(=O)N[C@@H](C)c2ccc(-n3cc(F)cn3)nc2)CCC(c2nc(Nc3cc(C)[nH]n3)cc3c2NC(=O)C3)CC1. The molecule has 0 saturated heterocycles. The van der Waals surface area contributed by atoms with Crippen LogP contribution in [-0.4, -0.2) is 54.5 Å². The normalized spacial score (nSPS) is 20.6. The topological polar surface area (TPSA) is 152 Å². The van der Waals surface area contributed by atoms with E-state index in [2.05, 4.69) is 36.2 Å². The van der Waals surface area contributed by atoms with Crippen LogP contribution in [0.2, 0.25) is 0 Å². The molecular weight excluding hydrogens is 541 g/mol. The summed E-state index contributed by atoms with van der Waals surface area (Å²) in [6.07, 6.45) is 6.61. The van der Waals surface area contributed by atoms with E-state index in [1.807, 2.05) is 32.0 Å². The predicted octanol–water partition coefficient (Wildman–Crippen LogP) is 3.99. The summed E-state index contributed by atoms with van der Waals surface area (Å²) < 4.78 is 20.5. The maximum absolute atomic E-state index is 13.6. The molecule has 1 aliphatic carbocycles. The number of pyridine rings is 2. The summed E-state index contributed by atoms with van der Waals surface area (Å²) in [4.78, 5) is 35.1. The summed E-state index contributed by atoms with van der Waals surface area (Å²) in [5.74, 6) is 1.09. The maximum Gasteiger partial charge on any atom is 0.252 e. The molecule has 4 N–H and O–H groups in total. The predicted molar refractivity (Wildman–Crippen MR) is 152 cm³/mol. The second-order valence-electron chi connectivity index (χ2n) is 10.9. The Hall–Kier alpha value is -4.65. The Balaban J connectivity index is 1.14. The van der Waals surface area contributed by atoms with Crippen molar-refractivity contribution in [1.82, 2.24) is 35.3 Å². The lowest BCUT2D eigenvalue weighted by Gasteiger charge is -2.38. The molecule has 2 amide bonds. The number of aromatic amines is 1. The first-order valence-electron chi connectivity index (χ1n) is 13.9. The minimum atomic E-state index is -0.987. The molecule has 0 unspecified atom stereocenters. The summed E-state index contributed by atoms with van der Waals surface area (Å²) in [5.41, 5.74) is 3.21. The number of amides is 2. The third-order valence-electron chi connectivity index (χ3n) is 8.10. The summed E-state index contributed by atoms with van der Waals surface area (Å²) in [6.45, 7) is 3.80. The van der Waals surface area contributed by atoms with Gasteiger partial charge in [0.1, 0.15) is 11.4 Å². The van der Waals surface area contributed by atoms with E-state index in [-0.39, 0.29) is 23.8 Å². The minimum Gasteiger partial charge on any atom is -0.368 e. The minimum absolute atomic E-state index is 0.0391. The van der Waals surface area contributed by atoms with Gasteiger partial charge < -0.3 is 20.7 Å². The lowest BCUT2D eigenvalue weighted by molar-refractivity contribution is -0.148. The van der Waals surface area contributed by atoms with E-state index in [4.69, 9.17) is 9.72 Å². The zero-order valence-electron chi connectivity index (χ0n) is 23.6. The van der Waals surface area contributed by atoms with Gasteiger partial charge in [-0.25, -0.2) is 19.0 Å². The molecule has 12 nitrogen and oxygen atoms in total. The summed E-state index contributed by atoms with van der Waals surface area (Å²) in [5, 5.41) is 20.4. The quantitative estimate of drug-likeness (QED) is 0.247. The Morgan fingerprint density at radius 3 is 2.67 bits per heavy atom. The monoisotopic (exact) mass is 573 g/mol. The van der Waals surface area contributed by atoms with Crippen LogP contribution in [0.3, 0.4) is 0 Å². The smallest absolute Gasteiger partial charge is 0.252 e. The molecular formula is C29H32FN9O3. The molecule has 1 fully saturated rings. The molecule has 4 aromatic rings. The highest BCUT2D eigenvalue weighted by atomic mass is 19.1. The number of methoxy groups -OCH3 is 1. The number of aryl methyl sites for hydroxylation is 1. The highest BCUT2D eigenvalue weighted by Crippen LogP contribution is 2.44. The van der Waals surface area contributed by atoms with Gasteiger partial charge >= 0.3 is 0 Å². The van der Waals surface area contributed by atoms with Crippen LogP contribution in [0.25, 0.3) is 5.82 Å². The van der Waals surface area contributed by atoms with Crippen LogP contribution in [0, 0.1) is 12.7 Å². The highest BCUT2D eigenvalue weighted by Gasteiger charge is 2.44. The van der Waals surface area contributed by atoms with Crippen molar-refractivity contribution in [2.45, 2.75) is 63.5 Å². The first-order chi connectivity index (χ1) is 20.2. The average Bonchev–Trinajstić information content (AvgIpc) is 3.71. The van der Waals surface area contributed by atoms with E-state index in [0.717, 1.165) is 34.4 Å². The van der Waals surface area contributed by atoms with Gasteiger partial charge in [0.25, 0.3) is 5.91 Å². The molecule has 0 aromatic carbocycles. The molecule has 1 aliphatic heterocycles. The first-order valence-corrected chi connectivity index (χ1v) is 13.9. The van der Waals surface area contributed by atoms with Crippen LogP contribution in [0.1, 0.15) is 67.1 Å². The van der Waals surface area contributed by atoms with Crippen LogP contribution in [0.5, 0.6) is 0 Å². The number of aromatic nitrogens is 6. The molecule has 4 aromatic heterocycles. The van der Waals surface area contributed by atoms with Crippen LogP contribution in [-0.2, 0) is 20.7 Å². The number of nitrogens with one attached hydrogen (secondary N) is 4. The number of H-pyrrole nitrogens is 1. The number of anilines is 3. The first kappa shape index (κ1) is 27.5. The number of halogens is 1. The molecule has 0 bridgehead atoms. The second kappa shape index (κ2) is 11.0. The van der Waals surface area contributed by atoms with Gasteiger partial charge in [0.05, 0.1) is 36.2 Å². The molecule has 0 radical (unpaired) electrons. The third-order valence-corrected chi connectivity index (χ3v) is 8.10. The van der Waals surface area contributed by atoms with Crippen molar-refractivity contribution in [2.75, 3.05) is 17.7 Å². The van der Waals surface area contributed by atoms with E-state index < -0.39 is 11.4 Å². The standard InChI is InChI=1S/C29H32FN9O3/c1-16-10-23(38-37-16)34-22-11-20-12-25(40)36-27(20)26(35-22)18-6-8-29(42-3,9-7-18)28(41)33-17(2)19-4-5-24(31-13-19)39-15-21(30)14-32-39/h4-5,10-11,13-15,17-18H,6-9,12H2,1-3H3,(H,33,41)(H,36,40)(H2,34,35,37,38)/t17-,18?,29?/m0/s1. The fourth-order valence-electron chi connectivity index (χ4n) is 5.74. The molecule has 5 heterocycles. The van der Waals surface area contributed by atoms with Crippen LogP contribution in [0.4, 0.5) is 21.7 Å². The zero-order chi connectivity index (χ0) is 29.4. The van der Waals surface area contributed by atoms with Gasteiger partial charge in [-0.3, -0.25) is 14.7 Å². The second-order valence-corrected chi connectivity index (χ2v) is 10.9. The number of nitrogens with zero attached hydrogens (tertiary/aromatic N) is 5. The van der Waals surface area contributed by atoms with E-state index in [1.54, 1.807) is 19.4 Å². The van der Waals surface area contributed by atoms with Crippen molar-refractivity contribution in [1.29, 1.82) is 0 Å². The molecule has 218 valence electrons. The number of hydrogen-bond donors (Lipinski definition) is 4. The molecule has 6 rings (SSSR count). The fourth-order valence-corrected chi connectivity index (χ4v) is 5.74. The lowest BCUT2D eigenvalue weighted by atomic mass is 9.76. The Bertz CT molecular complexity index is 1620. The lowest BCUT2D eigenvalue weighted by Crippen LogP contribution is -2.50. The van der Waals surface area contributed by atoms with Gasteiger partial charge in [0.15, 0.2) is 17.5 Å². The van der Waals surface area contributed by atoms with Crippen molar-refractivity contribution in [3.63, 3.8) is 0 Å². The van der Waals surface area contributed by atoms with Crippen molar-refractivity contribution < 1.29 is 18.7 Å². The molecule has 1 saturated carbocycles. The zero-order valence-corrected chi connectivity index (χ0v) is 23.6. The molecule has 13 heteroatoms. The van der Waals surface area contributed by atoms with E-state index in [9.17, 15) is 14.0 Å².